The lowest BCUT2D eigenvalue weighted by Crippen LogP contribution is -2.52. The highest BCUT2D eigenvalue weighted by Gasteiger charge is 2.31. The van der Waals surface area contributed by atoms with Crippen molar-refractivity contribution in [3.05, 3.63) is 64.5 Å². The average Bonchev–Trinajstić information content (AvgIpc) is 3.07. The van der Waals surface area contributed by atoms with Crippen LogP contribution in [0.2, 0.25) is 0 Å². The number of aromatic amines is 1. The number of amides is 3. The summed E-state index contributed by atoms with van der Waals surface area (Å²) in [5.74, 6) is -0.520. The van der Waals surface area contributed by atoms with E-state index in [1.807, 2.05) is 12.1 Å². The number of nitrogens with one attached hydrogen (secondary N) is 3. The van der Waals surface area contributed by atoms with E-state index in [-0.39, 0.29) is 35.4 Å². The number of imidazole rings is 1. The van der Waals surface area contributed by atoms with Crippen LogP contribution < -0.4 is 16.3 Å². The summed E-state index contributed by atoms with van der Waals surface area (Å²) in [7, 11) is 0. The van der Waals surface area contributed by atoms with Gasteiger partial charge in [-0.05, 0) is 55.5 Å². The zero-order valence-corrected chi connectivity index (χ0v) is 18.7. The van der Waals surface area contributed by atoms with Gasteiger partial charge < -0.3 is 15.5 Å². The number of benzene rings is 1. The molecule has 2 saturated heterocycles. The first kappa shape index (κ1) is 22.1. The van der Waals surface area contributed by atoms with E-state index in [1.54, 1.807) is 27.8 Å². The molecule has 2 aromatic heterocycles. The molecule has 2 fully saturated rings. The number of H-pyrrole nitrogens is 1. The van der Waals surface area contributed by atoms with Crippen molar-refractivity contribution in [3.8, 4) is 0 Å². The number of halogens is 1. The second kappa shape index (κ2) is 9.28. The van der Waals surface area contributed by atoms with Gasteiger partial charge >= 0.3 is 11.7 Å². The number of carbonyl (C=O) groups excluding carboxylic acids is 2. The summed E-state index contributed by atoms with van der Waals surface area (Å²) >= 11 is 0. The van der Waals surface area contributed by atoms with Gasteiger partial charge in [0.15, 0.2) is 5.65 Å². The highest BCUT2D eigenvalue weighted by Crippen LogP contribution is 2.26. The fourth-order valence-electron chi connectivity index (χ4n) is 5.02. The predicted molar refractivity (Wildman–Crippen MR) is 124 cm³/mol. The maximum Gasteiger partial charge on any atom is 0.327 e. The third-order valence-electron chi connectivity index (χ3n) is 6.87. The molecule has 5 rings (SSSR count). The van der Waals surface area contributed by atoms with E-state index < -0.39 is 6.04 Å². The Labute approximate surface area is 195 Å². The van der Waals surface area contributed by atoms with Crippen LogP contribution in [0.4, 0.5) is 9.18 Å². The van der Waals surface area contributed by atoms with E-state index >= 15 is 0 Å². The van der Waals surface area contributed by atoms with Crippen LogP contribution in [0.1, 0.15) is 43.2 Å². The second-order valence-electron chi connectivity index (χ2n) is 8.97. The molecule has 10 heteroatoms. The van der Waals surface area contributed by atoms with Crippen molar-refractivity contribution in [2.45, 2.75) is 43.7 Å². The second-order valence-corrected chi connectivity index (χ2v) is 8.97. The van der Waals surface area contributed by atoms with Crippen LogP contribution in [0.25, 0.3) is 11.2 Å². The fraction of sp³-hybridized carbons (Fsp3) is 0.417. The number of urea groups is 1. The molecule has 0 radical (unpaired) electrons. The van der Waals surface area contributed by atoms with Gasteiger partial charge in [0.1, 0.15) is 11.9 Å². The largest absolute Gasteiger partial charge is 0.354 e. The van der Waals surface area contributed by atoms with E-state index in [0.717, 1.165) is 11.1 Å². The Morgan fingerprint density at radius 2 is 1.91 bits per heavy atom. The van der Waals surface area contributed by atoms with Gasteiger partial charge in [-0.1, -0.05) is 12.1 Å². The Bertz CT molecular complexity index is 1260. The van der Waals surface area contributed by atoms with Crippen molar-refractivity contribution in [3.63, 3.8) is 0 Å². The van der Waals surface area contributed by atoms with Crippen LogP contribution in [-0.4, -0.2) is 57.0 Å². The van der Waals surface area contributed by atoms with Gasteiger partial charge in [-0.3, -0.25) is 14.3 Å². The Hall–Kier alpha value is -3.69. The number of hydrogen-bond acceptors (Lipinski definition) is 4. The minimum Gasteiger partial charge on any atom is -0.354 e. The monoisotopic (exact) mass is 466 g/mol. The minimum absolute atomic E-state index is 0.00118. The summed E-state index contributed by atoms with van der Waals surface area (Å²) in [4.78, 5) is 46.6. The Morgan fingerprint density at radius 3 is 2.71 bits per heavy atom. The molecule has 34 heavy (non-hydrogen) atoms. The van der Waals surface area contributed by atoms with Crippen molar-refractivity contribution in [1.82, 2.24) is 30.1 Å². The number of aromatic nitrogens is 3. The quantitative estimate of drug-likeness (QED) is 0.550. The predicted octanol–water partition coefficient (Wildman–Crippen LogP) is 2.27. The normalized spacial score (nSPS) is 21.8. The number of pyridine rings is 1. The van der Waals surface area contributed by atoms with Crippen molar-refractivity contribution in [2.24, 2.45) is 0 Å². The Balaban J connectivity index is 1.19. The first-order chi connectivity index (χ1) is 16.5. The number of hydrogen-bond donors (Lipinski definition) is 3. The molecule has 2 atom stereocenters. The van der Waals surface area contributed by atoms with Gasteiger partial charge in [-0.15, -0.1) is 0 Å². The maximum atomic E-state index is 13.6. The lowest BCUT2D eigenvalue weighted by Gasteiger charge is -2.33. The van der Waals surface area contributed by atoms with E-state index in [4.69, 9.17) is 0 Å². The van der Waals surface area contributed by atoms with Gasteiger partial charge in [-0.25, -0.2) is 19.0 Å². The Kier molecular flexibility index (Phi) is 6.04. The number of rotatable bonds is 3. The number of fused-ring (bicyclic) bond motifs is 1. The van der Waals surface area contributed by atoms with Gasteiger partial charge in [0.2, 0.25) is 5.91 Å². The van der Waals surface area contributed by atoms with E-state index in [9.17, 15) is 18.8 Å². The summed E-state index contributed by atoms with van der Waals surface area (Å²) < 4.78 is 15.3. The molecule has 3 aromatic rings. The molecule has 0 saturated carbocycles. The van der Waals surface area contributed by atoms with Crippen LogP contribution in [0.5, 0.6) is 0 Å². The third kappa shape index (κ3) is 4.40. The van der Waals surface area contributed by atoms with Crippen molar-refractivity contribution in [1.29, 1.82) is 0 Å². The molecule has 1 aromatic carbocycles. The Morgan fingerprint density at radius 1 is 1.09 bits per heavy atom. The molecule has 0 bridgehead atoms. The van der Waals surface area contributed by atoms with Crippen LogP contribution in [-0.2, 0) is 4.79 Å². The van der Waals surface area contributed by atoms with Crippen LogP contribution >= 0.6 is 0 Å². The van der Waals surface area contributed by atoms with Gasteiger partial charge in [-0.2, -0.15) is 0 Å². The smallest absolute Gasteiger partial charge is 0.327 e. The molecule has 2 aliphatic heterocycles. The van der Waals surface area contributed by atoms with Crippen LogP contribution in [0, 0.1) is 5.82 Å². The van der Waals surface area contributed by atoms with Crippen molar-refractivity contribution in [2.75, 3.05) is 19.6 Å². The number of carbonyl (C=O) groups is 2. The molecule has 3 amide bonds. The molecular formula is C24H27FN6O3. The molecule has 2 unspecified atom stereocenters. The van der Waals surface area contributed by atoms with Crippen LogP contribution in [0.3, 0.4) is 0 Å². The summed E-state index contributed by atoms with van der Waals surface area (Å²) in [5, 5.41) is 5.75. The minimum atomic E-state index is -0.633. The third-order valence-corrected chi connectivity index (χ3v) is 6.87. The average molecular weight is 467 g/mol. The molecular weight excluding hydrogens is 439 g/mol. The fourth-order valence-corrected chi connectivity index (χ4v) is 5.02. The van der Waals surface area contributed by atoms with Crippen molar-refractivity contribution >= 4 is 23.1 Å². The van der Waals surface area contributed by atoms with Gasteiger partial charge in [0, 0.05) is 37.8 Å². The topological polar surface area (TPSA) is 112 Å². The maximum absolute atomic E-state index is 13.6. The van der Waals surface area contributed by atoms with E-state index in [2.05, 4.69) is 20.6 Å². The first-order valence-corrected chi connectivity index (χ1v) is 11.6. The first-order valence-electron chi connectivity index (χ1n) is 11.6. The standard InChI is InChI=1S/C24H27FN6O3/c25-17-4-1-3-15(13-17)16-6-7-19(22(32)27-14-16)28-23(33)30-11-8-18(9-12-30)31-20-5-2-10-26-21(20)29-24(31)34/h1-5,10,13,16,18-19H,6-9,11-12,14H2,(H,27,32)(H,28,33)(H,26,29,34). The molecule has 2 aliphatic rings. The number of nitrogens with zero attached hydrogens (tertiary/aromatic N) is 3. The van der Waals surface area contributed by atoms with E-state index in [1.165, 1.54) is 12.1 Å². The summed E-state index contributed by atoms with van der Waals surface area (Å²) in [5.41, 5.74) is 1.97. The summed E-state index contributed by atoms with van der Waals surface area (Å²) in [6.45, 7) is 1.38. The molecule has 3 N–H and O–H groups in total. The zero-order valence-electron chi connectivity index (χ0n) is 18.7. The van der Waals surface area contributed by atoms with Crippen LogP contribution in [0.15, 0.2) is 47.4 Å². The number of piperidine rings is 1. The van der Waals surface area contributed by atoms with Gasteiger partial charge in [0.05, 0.1) is 5.52 Å². The van der Waals surface area contributed by atoms with Gasteiger partial charge in [0.25, 0.3) is 0 Å². The highest BCUT2D eigenvalue weighted by molar-refractivity contribution is 5.87. The number of likely N-dealkylation sites (tertiary alicyclic amines) is 1. The highest BCUT2D eigenvalue weighted by atomic mass is 19.1. The molecule has 9 nitrogen and oxygen atoms in total. The lowest BCUT2D eigenvalue weighted by molar-refractivity contribution is -0.122. The molecule has 178 valence electrons. The molecule has 0 spiro atoms. The summed E-state index contributed by atoms with van der Waals surface area (Å²) in [6.07, 6.45) is 4.04. The SMILES string of the molecule is O=C1NCC(c2cccc(F)c2)CCC1NC(=O)N1CCC(n2c(=O)[nH]c3ncccc32)CC1. The van der Waals surface area contributed by atoms with Crippen molar-refractivity contribution < 1.29 is 14.0 Å². The molecule has 0 aliphatic carbocycles. The lowest BCUT2D eigenvalue weighted by atomic mass is 9.94. The molecule has 4 heterocycles. The summed E-state index contributed by atoms with van der Waals surface area (Å²) in [6, 6.07) is 9.14. The zero-order chi connectivity index (χ0) is 23.7. The van der Waals surface area contributed by atoms with E-state index in [0.29, 0.717) is 51.0 Å².